The van der Waals surface area contributed by atoms with Crippen LogP contribution in [-0.2, 0) is 16.1 Å². The molecule has 198 valence electrons. The highest BCUT2D eigenvalue weighted by atomic mass is 19.1. The number of carbonyl (C=O) groups is 1. The number of nitrogens with zero attached hydrogens (tertiary/aromatic N) is 4. The molecule has 2 aromatic heterocycles. The zero-order valence-electron chi connectivity index (χ0n) is 21.5. The Morgan fingerprint density at radius 1 is 1.24 bits per heavy atom. The van der Waals surface area contributed by atoms with E-state index in [-0.39, 0.29) is 25.1 Å². The molecule has 37 heavy (non-hydrogen) atoms. The third kappa shape index (κ3) is 6.90. The molecule has 3 aromatic rings. The van der Waals surface area contributed by atoms with Crippen molar-refractivity contribution in [2.45, 2.75) is 51.4 Å². The van der Waals surface area contributed by atoms with Crippen molar-refractivity contribution in [1.29, 1.82) is 0 Å². The summed E-state index contributed by atoms with van der Waals surface area (Å²) in [6.07, 6.45) is 7.34. The highest BCUT2D eigenvalue weighted by Crippen LogP contribution is 2.37. The van der Waals surface area contributed by atoms with Crippen LogP contribution in [0.15, 0.2) is 36.8 Å². The lowest BCUT2D eigenvalue weighted by Crippen LogP contribution is -2.49. The number of nitrogen functional groups attached to an aromatic ring is 1. The molecule has 9 nitrogen and oxygen atoms in total. The van der Waals surface area contributed by atoms with Gasteiger partial charge in [0.2, 0.25) is 5.91 Å². The number of ether oxygens (including phenoxy) is 2. The van der Waals surface area contributed by atoms with Crippen LogP contribution >= 0.6 is 0 Å². The van der Waals surface area contributed by atoms with Crippen LogP contribution in [0.1, 0.15) is 38.4 Å². The zero-order valence-corrected chi connectivity index (χ0v) is 21.5. The van der Waals surface area contributed by atoms with Crippen molar-refractivity contribution in [3.63, 3.8) is 0 Å². The van der Waals surface area contributed by atoms with Crippen molar-refractivity contribution in [2.75, 3.05) is 39.1 Å². The smallest absolute Gasteiger partial charge is 0.237 e. The molecule has 0 radical (unpaired) electrons. The van der Waals surface area contributed by atoms with E-state index >= 15 is 0 Å². The fourth-order valence-electron chi connectivity index (χ4n) is 4.42. The molecule has 10 heteroatoms. The molecule has 1 fully saturated rings. The number of fused-ring (bicyclic) bond motifs is 1. The average molecular weight is 511 g/mol. The van der Waals surface area contributed by atoms with Gasteiger partial charge in [0.1, 0.15) is 19.0 Å². The van der Waals surface area contributed by atoms with Crippen molar-refractivity contribution in [1.82, 2.24) is 25.2 Å². The van der Waals surface area contributed by atoms with Crippen molar-refractivity contribution < 1.29 is 18.7 Å². The van der Waals surface area contributed by atoms with E-state index in [9.17, 15) is 9.18 Å². The van der Waals surface area contributed by atoms with Gasteiger partial charge in [-0.15, -0.1) is 0 Å². The molecule has 0 spiro atoms. The Morgan fingerprint density at radius 3 is 2.81 bits per heavy atom. The molecule has 3 N–H and O–H groups in total. The van der Waals surface area contributed by atoms with Crippen LogP contribution in [0.4, 0.5) is 10.1 Å². The van der Waals surface area contributed by atoms with Gasteiger partial charge in [0.05, 0.1) is 30.0 Å². The third-order valence-corrected chi connectivity index (χ3v) is 6.41. The lowest BCUT2D eigenvalue weighted by atomic mass is 10.0. The van der Waals surface area contributed by atoms with Crippen LogP contribution in [0.3, 0.4) is 0 Å². The monoisotopic (exact) mass is 510 g/mol. The van der Waals surface area contributed by atoms with Crippen LogP contribution in [0.25, 0.3) is 22.0 Å². The molecule has 0 aliphatic carbocycles. The molecule has 0 bridgehead atoms. The molecule has 2 atom stereocenters. The molecule has 0 saturated carbocycles. The van der Waals surface area contributed by atoms with Gasteiger partial charge in [0, 0.05) is 35.5 Å². The Kier molecular flexibility index (Phi) is 9.19. The standard InChI is InChI=1S/C27H35FN6O3/c1-3-10-36-17-25-31-12-18(13-32-25)21-7-8-23-22(11-20(29)15-30-23)26(21)37-16-19(28)14-33-27(35)24-6-4-5-9-34(24)2/h7-8,11-13,15,19,24H,3-6,9-10,14,16-17,29H2,1-2H3,(H,33,35)/t19?,24-/m0/s1. The number of piperidine rings is 1. The Hall–Kier alpha value is -3.37. The number of nitrogens with two attached hydrogens (primary N) is 1. The number of anilines is 1. The first-order valence-electron chi connectivity index (χ1n) is 12.8. The Morgan fingerprint density at radius 2 is 2.05 bits per heavy atom. The lowest BCUT2D eigenvalue weighted by Gasteiger charge is -2.31. The molecule has 1 aliphatic heterocycles. The number of hydrogen-bond donors (Lipinski definition) is 2. The van der Waals surface area contributed by atoms with Crippen LogP contribution in [0, 0.1) is 0 Å². The summed E-state index contributed by atoms with van der Waals surface area (Å²) in [6, 6.07) is 5.24. The van der Waals surface area contributed by atoms with Gasteiger partial charge < -0.3 is 20.5 Å². The van der Waals surface area contributed by atoms with E-state index in [1.807, 2.05) is 31.0 Å². The summed E-state index contributed by atoms with van der Waals surface area (Å²) in [6.45, 7) is 3.52. The summed E-state index contributed by atoms with van der Waals surface area (Å²) in [5.41, 5.74) is 8.54. The van der Waals surface area contributed by atoms with Crippen molar-refractivity contribution in [3.05, 3.63) is 42.6 Å². The number of rotatable bonds is 11. The van der Waals surface area contributed by atoms with E-state index in [0.717, 1.165) is 32.2 Å². The summed E-state index contributed by atoms with van der Waals surface area (Å²) in [5, 5.41) is 3.40. The average Bonchev–Trinajstić information content (AvgIpc) is 2.91. The highest BCUT2D eigenvalue weighted by Gasteiger charge is 2.26. The van der Waals surface area contributed by atoms with Crippen LogP contribution in [0.2, 0.25) is 0 Å². The second-order valence-electron chi connectivity index (χ2n) is 9.36. The number of amides is 1. The maximum Gasteiger partial charge on any atom is 0.237 e. The van der Waals surface area contributed by atoms with E-state index in [4.69, 9.17) is 15.2 Å². The van der Waals surface area contributed by atoms with Gasteiger partial charge in [0.25, 0.3) is 0 Å². The van der Waals surface area contributed by atoms with Crippen molar-refractivity contribution in [3.8, 4) is 16.9 Å². The normalized spacial score (nSPS) is 17.0. The molecule has 1 saturated heterocycles. The Balaban J connectivity index is 1.48. The largest absolute Gasteiger partial charge is 0.489 e. The molecular weight excluding hydrogens is 475 g/mol. The van der Waals surface area contributed by atoms with E-state index in [1.165, 1.54) is 0 Å². The molecule has 1 unspecified atom stereocenters. The predicted molar refractivity (Wildman–Crippen MR) is 141 cm³/mol. The summed E-state index contributed by atoms with van der Waals surface area (Å²) < 4.78 is 26.4. The number of pyridine rings is 1. The number of alkyl halides is 1. The molecule has 3 heterocycles. The molecule has 4 rings (SSSR count). The van der Waals surface area contributed by atoms with E-state index in [0.29, 0.717) is 52.5 Å². The number of halogens is 1. The van der Waals surface area contributed by atoms with Gasteiger partial charge in [-0.3, -0.25) is 14.7 Å². The quantitative estimate of drug-likeness (QED) is 0.377. The topological polar surface area (TPSA) is 115 Å². The predicted octanol–water partition coefficient (Wildman–Crippen LogP) is 3.52. The lowest BCUT2D eigenvalue weighted by molar-refractivity contribution is -0.127. The number of aromatic nitrogens is 3. The van der Waals surface area contributed by atoms with Crippen molar-refractivity contribution >= 4 is 22.5 Å². The highest BCUT2D eigenvalue weighted by molar-refractivity contribution is 5.94. The third-order valence-electron chi connectivity index (χ3n) is 6.41. The summed E-state index contributed by atoms with van der Waals surface area (Å²) in [4.78, 5) is 27.7. The second-order valence-corrected chi connectivity index (χ2v) is 9.36. The molecule has 1 aromatic carbocycles. The van der Waals surface area contributed by atoms with Crippen LogP contribution in [0.5, 0.6) is 5.75 Å². The van der Waals surface area contributed by atoms with Gasteiger partial charge in [-0.05, 0) is 51.1 Å². The summed E-state index contributed by atoms with van der Waals surface area (Å²) in [5.74, 6) is 0.874. The van der Waals surface area contributed by atoms with Gasteiger partial charge in [-0.2, -0.15) is 0 Å². The number of nitrogens with one attached hydrogen (secondary N) is 1. The Labute approximate surface area is 216 Å². The van der Waals surface area contributed by atoms with E-state index in [1.54, 1.807) is 24.7 Å². The van der Waals surface area contributed by atoms with Gasteiger partial charge >= 0.3 is 0 Å². The number of benzene rings is 1. The first-order chi connectivity index (χ1) is 18.0. The van der Waals surface area contributed by atoms with Gasteiger partial charge in [-0.25, -0.2) is 14.4 Å². The molecular formula is C27H35FN6O3. The van der Waals surface area contributed by atoms with Crippen molar-refractivity contribution in [2.24, 2.45) is 0 Å². The maximum atomic E-state index is 14.9. The van der Waals surface area contributed by atoms with E-state index < -0.39 is 6.17 Å². The molecule has 1 aliphatic rings. The zero-order chi connectivity index (χ0) is 26.2. The number of hydrogen-bond acceptors (Lipinski definition) is 8. The van der Waals surface area contributed by atoms with Crippen LogP contribution in [-0.4, -0.2) is 71.3 Å². The number of likely N-dealkylation sites (N-methyl/N-ethyl adjacent to an activating group) is 1. The maximum absolute atomic E-state index is 14.9. The minimum Gasteiger partial charge on any atom is -0.489 e. The fourth-order valence-corrected chi connectivity index (χ4v) is 4.42. The van der Waals surface area contributed by atoms with E-state index in [2.05, 4.69) is 20.3 Å². The van der Waals surface area contributed by atoms with Gasteiger partial charge in [0.15, 0.2) is 12.0 Å². The minimum atomic E-state index is -1.40. The van der Waals surface area contributed by atoms with Crippen LogP contribution < -0.4 is 15.8 Å². The summed E-state index contributed by atoms with van der Waals surface area (Å²) in [7, 11) is 1.93. The second kappa shape index (κ2) is 12.7. The Bertz CT molecular complexity index is 1190. The van der Waals surface area contributed by atoms with Gasteiger partial charge in [-0.1, -0.05) is 13.3 Å². The summed E-state index contributed by atoms with van der Waals surface area (Å²) >= 11 is 0. The fraction of sp³-hybridized carbons (Fsp3) is 0.481. The first kappa shape index (κ1) is 26.7. The number of carbonyl (C=O) groups excluding carboxylic acids is 1. The first-order valence-corrected chi connectivity index (χ1v) is 12.8. The number of likely N-dealkylation sites (tertiary alicyclic amines) is 1. The minimum absolute atomic E-state index is 0.126. The molecule has 1 amide bonds. The SMILES string of the molecule is CCCOCc1ncc(-c2ccc3ncc(N)cc3c2OCC(F)CNC(=O)[C@@H]2CCCCN2C)cn1.